The molecule has 0 radical (unpaired) electrons. The highest BCUT2D eigenvalue weighted by atomic mass is 35.7. The normalized spacial score (nSPS) is 24.6. The maximum atomic E-state index is 8.49. The fourth-order valence-electron chi connectivity index (χ4n) is 4.35. The van der Waals surface area contributed by atoms with Crippen LogP contribution in [0, 0.1) is 20.5 Å². The minimum absolute atomic E-state index is 1.22. The Hall–Kier alpha value is -1.38. The van der Waals surface area contributed by atoms with Crippen molar-refractivity contribution in [2.24, 2.45) is 0 Å². The Morgan fingerprint density at radius 1 is 0.516 bits per heavy atom. The lowest BCUT2D eigenvalue weighted by Crippen LogP contribution is -2.68. The van der Waals surface area contributed by atoms with Gasteiger partial charge in [-0.05, 0) is 0 Å². The first kappa shape index (κ1) is 25.9. The van der Waals surface area contributed by atoms with Crippen molar-refractivity contribution >= 4 is 0 Å². The van der Waals surface area contributed by atoms with Crippen molar-refractivity contribution in [1.29, 1.82) is 0 Å². The van der Waals surface area contributed by atoms with E-state index in [9.17, 15) is 0 Å². The van der Waals surface area contributed by atoms with Crippen LogP contribution in [0.1, 0.15) is 11.1 Å². The highest BCUT2D eigenvalue weighted by Gasteiger charge is 2.55. The number of piperazine rings is 1. The summed E-state index contributed by atoms with van der Waals surface area (Å²) in [7, 11) is -9.89. The molecule has 0 aliphatic carbocycles. The molecule has 2 fully saturated rings. The quantitative estimate of drug-likeness (QED) is 0.388. The van der Waals surface area contributed by atoms with Gasteiger partial charge in [0.25, 0.3) is 0 Å². The van der Waals surface area contributed by atoms with Crippen LogP contribution in [0.2, 0.25) is 0 Å². The third kappa shape index (κ3) is 10.2. The SMILES string of the molecule is [O-][Cl+3]([O-])([O-])[O-].[O-][Cl+3]([O-])([O-])[O-].c1ccc(C[N+]23CC[N+](Cc4ccccc4)(CC2)C3)cc1. The van der Waals surface area contributed by atoms with Crippen LogP contribution in [-0.4, -0.2) is 41.8 Å². The van der Waals surface area contributed by atoms with Crippen molar-refractivity contribution in [2.45, 2.75) is 13.1 Å². The molecule has 4 rings (SSSR count). The van der Waals surface area contributed by atoms with Gasteiger partial charge in [-0.3, -0.25) is 8.97 Å². The zero-order chi connectivity index (χ0) is 23.2. The third-order valence-corrected chi connectivity index (χ3v) is 5.42. The van der Waals surface area contributed by atoms with E-state index in [4.69, 9.17) is 37.3 Å². The van der Waals surface area contributed by atoms with Crippen molar-refractivity contribution in [1.82, 2.24) is 0 Å². The van der Waals surface area contributed by atoms with E-state index < -0.39 is 20.5 Å². The Labute approximate surface area is 184 Å². The molecule has 172 valence electrons. The average Bonchev–Trinajstić information content (AvgIpc) is 3.16. The van der Waals surface area contributed by atoms with Gasteiger partial charge in [-0.15, -0.1) is 20.5 Å². The van der Waals surface area contributed by atoms with E-state index in [-0.39, 0.29) is 0 Å². The molecular formula is C19H24Cl2N2O8. The molecule has 2 bridgehead atoms. The highest BCUT2D eigenvalue weighted by Crippen LogP contribution is 2.35. The molecule has 2 aliphatic rings. The Kier molecular flexibility index (Phi) is 8.76. The predicted octanol–water partition coefficient (Wildman–Crippen LogP) is -6.51. The highest BCUT2D eigenvalue weighted by molar-refractivity contribution is 5.14. The van der Waals surface area contributed by atoms with Gasteiger partial charge in [0.15, 0.2) is 0 Å². The molecule has 0 aromatic heterocycles. The van der Waals surface area contributed by atoms with E-state index in [1.165, 1.54) is 66.0 Å². The molecule has 2 heterocycles. The molecule has 31 heavy (non-hydrogen) atoms. The van der Waals surface area contributed by atoms with E-state index >= 15 is 0 Å². The maximum absolute atomic E-state index is 8.49. The molecule has 0 amide bonds. The minimum Gasteiger partial charge on any atom is -0.264 e. The topological polar surface area (TPSA) is 184 Å². The third-order valence-electron chi connectivity index (χ3n) is 5.42. The summed E-state index contributed by atoms with van der Waals surface area (Å²) in [6.07, 6.45) is 0. The lowest BCUT2D eigenvalue weighted by atomic mass is 10.1. The number of rotatable bonds is 4. The summed E-state index contributed by atoms with van der Waals surface area (Å²) < 4.78 is 70.5. The van der Waals surface area contributed by atoms with Crippen LogP contribution in [0.3, 0.4) is 0 Å². The summed E-state index contributed by atoms with van der Waals surface area (Å²) in [6, 6.07) is 22.1. The molecule has 10 nitrogen and oxygen atoms in total. The summed E-state index contributed by atoms with van der Waals surface area (Å²) in [5, 5.41) is 0. The standard InChI is InChI=1S/C19H24N2.2ClHO4/c1-3-7-18(8-4-1)15-20-11-13-21(17-20,14-12-20)16-19-9-5-2-6-10-19;2*2-1(3,4)5/h1-10H,11-17H2;2*(H,2,3,4,5)/q+2;;/p-2. The van der Waals surface area contributed by atoms with Crippen LogP contribution in [0.25, 0.3) is 0 Å². The van der Waals surface area contributed by atoms with Crippen LogP contribution >= 0.6 is 0 Å². The van der Waals surface area contributed by atoms with E-state index in [0.29, 0.717) is 0 Å². The number of hydrogen-bond acceptors (Lipinski definition) is 8. The molecule has 0 unspecified atom stereocenters. The zero-order valence-electron chi connectivity index (χ0n) is 16.6. The van der Waals surface area contributed by atoms with Crippen LogP contribution in [0.5, 0.6) is 0 Å². The van der Waals surface area contributed by atoms with Gasteiger partial charge in [0, 0.05) is 11.1 Å². The Morgan fingerprint density at radius 3 is 1.03 bits per heavy atom. The van der Waals surface area contributed by atoms with Crippen LogP contribution in [-0.2, 0) is 13.1 Å². The number of hydrogen-bond donors (Lipinski definition) is 0. The van der Waals surface area contributed by atoms with Gasteiger partial charge in [0.1, 0.15) is 39.3 Å². The minimum atomic E-state index is -4.94. The Morgan fingerprint density at radius 2 is 0.774 bits per heavy atom. The predicted molar refractivity (Wildman–Crippen MR) is 85.1 cm³/mol. The van der Waals surface area contributed by atoms with Gasteiger partial charge in [0.2, 0.25) is 6.67 Å². The summed E-state index contributed by atoms with van der Waals surface area (Å²) in [6.45, 7) is 9.15. The van der Waals surface area contributed by atoms with Gasteiger partial charge in [-0.1, -0.05) is 60.7 Å². The summed E-state index contributed by atoms with van der Waals surface area (Å²) in [5.41, 5.74) is 3.00. The van der Waals surface area contributed by atoms with Crippen molar-refractivity contribution < 1.29 is 66.7 Å². The monoisotopic (exact) mass is 478 g/mol. The fourth-order valence-corrected chi connectivity index (χ4v) is 4.35. The number of quaternary nitrogens is 2. The second-order valence-electron chi connectivity index (χ2n) is 7.76. The van der Waals surface area contributed by atoms with Crippen molar-refractivity contribution in [3.8, 4) is 0 Å². The number of halogens is 2. The summed E-state index contributed by atoms with van der Waals surface area (Å²) in [5.74, 6) is 0. The van der Waals surface area contributed by atoms with Gasteiger partial charge in [-0.2, -0.15) is 0 Å². The Balaban J connectivity index is 0.000000289. The summed E-state index contributed by atoms with van der Waals surface area (Å²) in [4.78, 5) is 0. The summed E-state index contributed by atoms with van der Waals surface area (Å²) >= 11 is 0. The van der Waals surface area contributed by atoms with Crippen molar-refractivity contribution in [3.05, 3.63) is 71.8 Å². The first-order valence-corrected chi connectivity index (χ1v) is 11.8. The lowest BCUT2D eigenvalue weighted by molar-refractivity contribution is -2.00. The molecule has 2 aliphatic heterocycles. The second kappa shape index (κ2) is 10.5. The van der Waals surface area contributed by atoms with E-state index in [2.05, 4.69) is 60.7 Å². The van der Waals surface area contributed by atoms with Gasteiger partial charge >= 0.3 is 0 Å². The number of nitrogens with zero attached hydrogens (tertiary/aromatic N) is 2. The second-order valence-corrected chi connectivity index (χ2v) is 9.27. The van der Waals surface area contributed by atoms with E-state index in [0.717, 1.165) is 0 Å². The lowest BCUT2D eigenvalue weighted by Gasteiger charge is -2.27. The van der Waals surface area contributed by atoms with E-state index in [1.807, 2.05) is 0 Å². The molecule has 0 saturated carbocycles. The average molecular weight is 479 g/mol. The van der Waals surface area contributed by atoms with Crippen molar-refractivity contribution in [3.63, 3.8) is 0 Å². The van der Waals surface area contributed by atoms with Crippen LogP contribution in [0.15, 0.2) is 60.7 Å². The number of benzene rings is 2. The first-order valence-electron chi connectivity index (χ1n) is 9.29. The molecule has 2 saturated heterocycles. The first-order chi connectivity index (χ1) is 14.3. The molecule has 0 atom stereocenters. The molecule has 0 N–H and O–H groups in total. The van der Waals surface area contributed by atoms with E-state index in [1.54, 1.807) is 0 Å². The largest absolute Gasteiger partial charge is 0.264 e. The van der Waals surface area contributed by atoms with Crippen molar-refractivity contribution in [2.75, 3.05) is 32.8 Å². The molecule has 2 aromatic carbocycles. The molecular weight excluding hydrogens is 455 g/mol. The Bertz CT molecular complexity index is 713. The maximum Gasteiger partial charge on any atom is 0.208 e. The smallest absolute Gasteiger partial charge is 0.208 e. The zero-order valence-corrected chi connectivity index (χ0v) is 18.2. The van der Waals surface area contributed by atoms with Gasteiger partial charge in [0.05, 0.1) is 0 Å². The fraction of sp³-hybridized carbons (Fsp3) is 0.368. The molecule has 0 spiro atoms. The molecule has 12 heteroatoms. The van der Waals surface area contributed by atoms with Gasteiger partial charge < -0.3 is 0 Å². The van der Waals surface area contributed by atoms with Crippen LogP contribution < -0.4 is 37.3 Å². The molecule has 2 aromatic rings. The number of fused-ring (bicyclic) bond motifs is 2. The van der Waals surface area contributed by atoms with Crippen LogP contribution in [0.4, 0.5) is 0 Å². The van der Waals surface area contributed by atoms with Gasteiger partial charge in [-0.25, -0.2) is 37.3 Å².